The molecule has 2 aromatic heterocycles. The van der Waals surface area contributed by atoms with E-state index in [1.54, 1.807) is 45.2 Å². The van der Waals surface area contributed by atoms with Crippen molar-refractivity contribution in [1.82, 2.24) is 0 Å². The summed E-state index contributed by atoms with van der Waals surface area (Å²) < 4.78 is 12.8. The van der Waals surface area contributed by atoms with Crippen molar-refractivity contribution in [3.05, 3.63) is 58.8 Å². The molecule has 0 unspecified atom stereocenters. The van der Waals surface area contributed by atoms with Crippen molar-refractivity contribution in [2.75, 3.05) is 12.4 Å². The molecule has 0 atom stereocenters. The SMILES string of the molecule is COc1ccc(-c2c(NC(=O)C(C)C)oc3c(sc4ccccc43)c2=O)cc1. The zero-order valence-electron chi connectivity index (χ0n) is 15.7. The average Bonchev–Trinajstić information content (AvgIpc) is 3.07. The molecule has 4 rings (SSSR count). The second-order valence-corrected chi connectivity index (χ2v) is 7.82. The van der Waals surface area contributed by atoms with E-state index in [1.807, 2.05) is 24.3 Å². The number of thiophene rings is 1. The van der Waals surface area contributed by atoms with Crippen LogP contribution in [-0.4, -0.2) is 13.0 Å². The number of hydrogen-bond acceptors (Lipinski definition) is 5. The second kappa shape index (κ2) is 7.13. The second-order valence-electron chi connectivity index (χ2n) is 6.76. The lowest BCUT2D eigenvalue weighted by molar-refractivity contribution is -0.119. The number of anilines is 1. The lowest BCUT2D eigenvalue weighted by Crippen LogP contribution is -2.20. The van der Waals surface area contributed by atoms with Crippen molar-refractivity contribution >= 4 is 43.5 Å². The summed E-state index contributed by atoms with van der Waals surface area (Å²) in [4.78, 5) is 25.7. The quantitative estimate of drug-likeness (QED) is 0.512. The van der Waals surface area contributed by atoms with Crippen LogP contribution in [0.5, 0.6) is 5.75 Å². The fourth-order valence-corrected chi connectivity index (χ4v) is 4.08. The van der Waals surface area contributed by atoms with Crippen molar-refractivity contribution in [1.29, 1.82) is 0 Å². The highest BCUT2D eigenvalue weighted by molar-refractivity contribution is 7.25. The summed E-state index contributed by atoms with van der Waals surface area (Å²) in [6.45, 7) is 3.58. The first kappa shape index (κ1) is 18.3. The van der Waals surface area contributed by atoms with Crippen LogP contribution in [0.4, 0.5) is 5.88 Å². The Hall–Kier alpha value is -3.12. The largest absolute Gasteiger partial charge is 0.497 e. The molecule has 0 radical (unpaired) electrons. The van der Waals surface area contributed by atoms with Crippen LogP contribution in [0, 0.1) is 5.92 Å². The first-order valence-electron chi connectivity index (χ1n) is 8.93. The molecule has 0 aliphatic carbocycles. The lowest BCUT2D eigenvalue weighted by atomic mass is 10.1. The van der Waals surface area contributed by atoms with Crippen LogP contribution >= 0.6 is 11.3 Å². The molecule has 0 saturated heterocycles. The number of ether oxygens (including phenoxy) is 1. The minimum absolute atomic E-state index is 0.160. The monoisotopic (exact) mass is 393 g/mol. The Bertz CT molecular complexity index is 1240. The van der Waals surface area contributed by atoms with Crippen molar-refractivity contribution in [2.24, 2.45) is 5.92 Å². The maximum Gasteiger partial charge on any atom is 0.229 e. The minimum Gasteiger partial charge on any atom is -0.497 e. The van der Waals surface area contributed by atoms with Gasteiger partial charge in [-0.1, -0.05) is 38.1 Å². The first-order valence-corrected chi connectivity index (χ1v) is 9.75. The minimum atomic E-state index is -0.246. The molecule has 1 N–H and O–H groups in total. The first-order chi connectivity index (χ1) is 13.5. The number of carbonyl (C=O) groups excluding carboxylic acids is 1. The van der Waals surface area contributed by atoms with Crippen LogP contribution in [0.3, 0.4) is 0 Å². The van der Waals surface area contributed by atoms with Gasteiger partial charge in [0.25, 0.3) is 0 Å². The van der Waals surface area contributed by atoms with E-state index in [0.29, 0.717) is 27.2 Å². The van der Waals surface area contributed by atoms with E-state index >= 15 is 0 Å². The highest BCUT2D eigenvalue weighted by Crippen LogP contribution is 2.37. The smallest absolute Gasteiger partial charge is 0.229 e. The predicted molar refractivity (Wildman–Crippen MR) is 113 cm³/mol. The van der Waals surface area contributed by atoms with E-state index in [9.17, 15) is 9.59 Å². The van der Waals surface area contributed by atoms with Crippen molar-refractivity contribution in [3.63, 3.8) is 0 Å². The van der Waals surface area contributed by atoms with Crippen LogP contribution in [-0.2, 0) is 4.79 Å². The molecule has 2 aromatic carbocycles. The summed E-state index contributed by atoms with van der Waals surface area (Å²) in [5, 5.41) is 3.65. The van der Waals surface area contributed by atoms with E-state index in [1.165, 1.54) is 11.3 Å². The molecule has 0 bridgehead atoms. The molecule has 0 fully saturated rings. The molecule has 142 valence electrons. The summed E-state index contributed by atoms with van der Waals surface area (Å²) in [5.74, 6) is 0.398. The van der Waals surface area contributed by atoms with Crippen LogP contribution in [0.25, 0.3) is 31.5 Å². The van der Waals surface area contributed by atoms with Gasteiger partial charge in [0.15, 0.2) is 5.58 Å². The highest BCUT2D eigenvalue weighted by atomic mass is 32.1. The Balaban J connectivity index is 2.01. The number of amides is 1. The summed E-state index contributed by atoms with van der Waals surface area (Å²) in [5.41, 5.74) is 1.34. The Kier molecular flexibility index (Phi) is 4.65. The maximum absolute atomic E-state index is 13.4. The van der Waals surface area contributed by atoms with E-state index in [-0.39, 0.29) is 23.1 Å². The fourth-order valence-electron chi connectivity index (χ4n) is 3.01. The maximum atomic E-state index is 13.4. The molecule has 1 amide bonds. The van der Waals surface area contributed by atoms with Gasteiger partial charge in [-0.25, -0.2) is 0 Å². The topological polar surface area (TPSA) is 68.5 Å². The van der Waals surface area contributed by atoms with E-state index in [0.717, 1.165) is 10.1 Å². The zero-order chi connectivity index (χ0) is 19.8. The number of benzene rings is 2. The van der Waals surface area contributed by atoms with E-state index < -0.39 is 0 Å². The van der Waals surface area contributed by atoms with Crippen molar-refractivity contribution in [3.8, 4) is 16.9 Å². The molecule has 0 aliphatic rings. The Labute approximate surface area is 165 Å². The summed E-state index contributed by atoms with van der Waals surface area (Å²) >= 11 is 1.40. The van der Waals surface area contributed by atoms with Crippen LogP contribution < -0.4 is 15.5 Å². The number of methoxy groups -OCH3 is 1. The molecule has 0 saturated carbocycles. The normalized spacial score (nSPS) is 11.3. The van der Waals surface area contributed by atoms with Gasteiger partial charge in [0, 0.05) is 16.0 Å². The van der Waals surface area contributed by atoms with Gasteiger partial charge in [0.05, 0.1) is 12.7 Å². The molecular formula is C22H19NO4S. The number of rotatable bonds is 4. The van der Waals surface area contributed by atoms with Gasteiger partial charge in [-0.15, -0.1) is 11.3 Å². The third-order valence-corrected chi connectivity index (χ3v) is 5.71. The molecule has 5 nitrogen and oxygen atoms in total. The van der Waals surface area contributed by atoms with Gasteiger partial charge >= 0.3 is 0 Å². The molecule has 6 heteroatoms. The average molecular weight is 393 g/mol. The predicted octanol–water partition coefficient (Wildman–Crippen LogP) is 5.28. The van der Waals surface area contributed by atoms with E-state index in [4.69, 9.17) is 9.15 Å². The van der Waals surface area contributed by atoms with Crippen molar-refractivity contribution < 1.29 is 13.9 Å². The zero-order valence-corrected chi connectivity index (χ0v) is 16.6. The molecule has 0 aliphatic heterocycles. The Morgan fingerprint density at radius 2 is 1.82 bits per heavy atom. The standard InChI is InChI=1S/C22H19NO4S/c1-12(2)21(25)23-22-17(13-8-10-14(26-3)11-9-13)18(24)20-19(27-22)15-6-4-5-7-16(15)28-20/h4-12H,1-3H3,(H,23,25). The Morgan fingerprint density at radius 3 is 2.50 bits per heavy atom. The number of fused-ring (bicyclic) bond motifs is 3. The third-order valence-electron chi connectivity index (χ3n) is 4.55. The van der Waals surface area contributed by atoms with Crippen LogP contribution in [0.15, 0.2) is 57.7 Å². The number of hydrogen-bond donors (Lipinski definition) is 1. The fraction of sp³-hybridized carbons (Fsp3) is 0.182. The van der Waals surface area contributed by atoms with Crippen molar-refractivity contribution in [2.45, 2.75) is 13.8 Å². The number of nitrogens with one attached hydrogen (secondary N) is 1. The highest BCUT2D eigenvalue weighted by Gasteiger charge is 2.22. The van der Waals surface area contributed by atoms with Gasteiger partial charge in [0.1, 0.15) is 10.4 Å². The van der Waals surface area contributed by atoms with Crippen LogP contribution in [0.1, 0.15) is 13.8 Å². The van der Waals surface area contributed by atoms with Gasteiger partial charge in [-0.05, 0) is 29.8 Å². The van der Waals surface area contributed by atoms with Gasteiger partial charge < -0.3 is 9.15 Å². The third kappa shape index (κ3) is 3.05. The van der Waals surface area contributed by atoms with Gasteiger partial charge in [0.2, 0.25) is 17.2 Å². The summed E-state index contributed by atoms with van der Waals surface area (Å²) in [6, 6.07) is 14.8. The van der Waals surface area contributed by atoms with Gasteiger partial charge in [-0.3, -0.25) is 14.9 Å². The number of carbonyl (C=O) groups is 1. The lowest BCUT2D eigenvalue weighted by Gasteiger charge is -2.12. The van der Waals surface area contributed by atoms with Gasteiger partial charge in [-0.2, -0.15) is 0 Å². The molecule has 28 heavy (non-hydrogen) atoms. The molecule has 0 spiro atoms. The van der Waals surface area contributed by atoms with E-state index in [2.05, 4.69) is 5.32 Å². The summed E-state index contributed by atoms with van der Waals surface area (Å²) in [6.07, 6.45) is 0. The Morgan fingerprint density at radius 1 is 1.11 bits per heavy atom. The molecule has 2 heterocycles. The van der Waals surface area contributed by atoms with Crippen LogP contribution in [0.2, 0.25) is 0 Å². The molecule has 4 aromatic rings. The molecular weight excluding hydrogens is 374 g/mol. The summed E-state index contributed by atoms with van der Waals surface area (Å²) in [7, 11) is 1.58.